The van der Waals surface area contributed by atoms with Gasteiger partial charge in [-0.15, -0.1) is 0 Å². The standard InChI is InChI=1S/C17H24ClNO/c1-16(2)6-8-17(9-7-16)12-19-11-15(20-17)13-4-3-5-14(18)10-13/h3-5,10,15,19H,6-9,11-12H2,1-2H3. The summed E-state index contributed by atoms with van der Waals surface area (Å²) < 4.78 is 6.53. The molecule has 1 heterocycles. The van der Waals surface area contributed by atoms with Crippen molar-refractivity contribution in [3.8, 4) is 0 Å². The second-order valence-corrected chi connectivity index (χ2v) is 7.58. The molecule has 0 bridgehead atoms. The largest absolute Gasteiger partial charge is 0.364 e. The molecule has 20 heavy (non-hydrogen) atoms. The molecule has 1 atom stereocenters. The lowest BCUT2D eigenvalue weighted by atomic mass is 9.70. The summed E-state index contributed by atoms with van der Waals surface area (Å²) >= 11 is 6.10. The highest BCUT2D eigenvalue weighted by molar-refractivity contribution is 6.30. The molecule has 3 rings (SSSR count). The molecule has 3 heteroatoms. The summed E-state index contributed by atoms with van der Waals surface area (Å²) in [4.78, 5) is 0. The zero-order chi connectivity index (χ0) is 14.2. The van der Waals surface area contributed by atoms with Crippen molar-refractivity contribution in [3.63, 3.8) is 0 Å². The lowest BCUT2D eigenvalue weighted by Crippen LogP contribution is -2.53. The Kier molecular flexibility index (Phi) is 3.83. The molecule has 1 spiro atoms. The van der Waals surface area contributed by atoms with Gasteiger partial charge in [0.25, 0.3) is 0 Å². The SMILES string of the molecule is CC1(C)CCC2(CC1)CNCC(c1cccc(Cl)c1)O2. The Morgan fingerprint density at radius 3 is 2.65 bits per heavy atom. The Bertz CT molecular complexity index is 476. The lowest BCUT2D eigenvalue weighted by Gasteiger charge is -2.48. The van der Waals surface area contributed by atoms with E-state index >= 15 is 0 Å². The molecule has 2 nitrogen and oxygen atoms in total. The van der Waals surface area contributed by atoms with E-state index in [1.165, 1.54) is 18.4 Å². The summed E-state index contributed by atoms with van der Waals surface area (Å²) in [6.45, 7) is 6.60. The molecular weight excluding hydrogens is 270 g/mol. The van der Waals surface area contributed by atoms with Crippen molar-refractivity contribution in [3.05, 3.63) is 34.9 Å². The van der Waals surface area contributed by atoms with Gasteiger partial charge < -0.3 is 10.1 Å². The number of ether oxygens (including phenoxy) is 1. The Morgan fingerprint density at radius 1 is 1.20 bits per heavy atom. The van der Waals surface area contributed by atoms with E-state index in [2.05, 4.69) is 25.2 Å². The van der Waals surface area contributed by atoms with Crippen molar-refractivity contribution in [2.75, 3.05) is 13.1 Å². The fourth-order valence-electron chi connectivity index (χ4n) is 3.39. The van der Waals surface area contributed by atoms with E-state index in [1.807, 2.05) is 18.2 Å². The summed E-state index contributed by atoms with van der Waals surface area (Å²) in [5.74, 6) is 0. The predicted octanol–water partition coefficient (Wildman–Crippen LogP) is 4.34. The van der Waals surface area contributed by atoms with E-state index in [9.17, 15) is 0 Å². The number of nitrogens with one attached hydrogen (secondary N) is 1. The van der Waals surface area contributed by atoms with Crippen LogP contribution in [0.5, 0.6) is 0 Å². The minimum Gasteiger partial charge on any atom is -0.364 e. The van der Waals surface area contributed by atoms with Crippen molar-refractivity contribution in [1.29, 1.82) is 0 Å². The first kappa shape index (κ1) is 14.4. The van der Waals surface area contributed by atoms with Crippen LogP contribution in [0, 0.1) is 5.41 Å². The molecule has 1 aliphatic heterocycles. The van der Waals surface area contributed by atoms with Gasteiger partial charge in [-0.25, -0.2) is 0 Å². The zero-order valence-electron chi connectivity index (χ0n) is 12.4. The van der Waals surface area contributed by atoms with Crippen molar-refractivity contribution in [2.24, 2.45) is 5.41 Å². The second kappa shape index (κ2) is 5.32. The minimum absolute atomic E-state index is 0.0285. The fourth-order valence-corrected chi connectivity index (χ4v) is 3.58. The quantitative estimate of drug-likeness (QED) is 0.831. The molecule has 1 aliphatic carbocycles. The molecule has 0 radical (unpaired) electrons. The van der Waals surface area contributed by atoms with Crippen molar-refractivity contribution >= 4 is 11.6 Å². The Hall–Kier alpha value is -0.570. The first-order valence-electron chi connectivity index (χ1n) is 7.62. The normalized spacial score (nSPS) is 28.4. The number of hydrogen-bond donors (Lipinski definition) is 1. The number of rotatable bonds is 1. The molecule has 0 amide bonds. The van der Waals surface area contributed by atoms with Gasteiger partial charge in [-0.1, -0.05) is 37.6 Å². The second-order valence-electron chi connectivity index (χ2n) is 7.14. The average Bonchev–Trinajstić information content (AvgIpc) is 2.43. The summed E-state index contributed by atoms with van der Waals surface area (Å²) in [6.07, 6.45) is 4.94. The first-order valence-corrected chi connectivity index (χ1v) is 8.00. The molecule has 2 aliphatic rings. The lowest BCUT2D eigenvalue weighted by molar-refractivity contribution is -0.147. The van der Waals surface area contributed by atoms with E-state index in [0.717, 1.165) is 31.0 Å². The number of halogens is 1. The number of morpholine rings is 1. The van der Waals surface area contributed by atoms with E-state index in [1.54, 1.807) is 0 Å². The smallest absolute Gasteiger partial charge is 0.0957 e. The fraction of sp³-hybridized carbons (Fsp3) is 0.647. The van der Waals surface area contributed by atoms with Crippen LogP contribution in [0.1, 0.15) is 51.2 Å². The number of benzene rings is 1. The van der Waals surface area contributed by atoms with Crippen molar-refractivity contribution < 1.29 is 4.74 Å². The van der Waals surface area contributed by atoms with Gasteiger partial charge in [-0.05, 0) is 48.8 Å². The summed E-state index contributed by atoms with van der Waals surface area (Å²) in [5.41, 5.74) is 1.69. The van der Waals surface area contributed by atoms with Crippen LogP contribution in [-0.2, 0) is 4.74 Å². The molecule has 2 fully saturated rings. The first-order chi connectivity index (χ1) is 9.48. The molecular formula is C17H24ClNO. The highest BCUT2D eigenvalue weighted by Crippen LogP contribution is 2.44. The number of hydrogen-bond acceptors (Lipinski definition) is 2. The third kappa shape index (κ3) is 3.03. The van der Waals surface area contributed by atoms with Crippen LogP contribution >= 0.6 is 11.6 Å². The Morgan fingerprint density at radius 2 is 1.95 bits per heavy atom. The van der Waals surface area contributed by atoms with Gasteiger partial charge in [-0.2, -0.15) is 0 Å². The molecule has 1 aromatic rings. The van der Waals surface area contributed by atoms with Crippen molar-refractivity contribution in [1.82, 2.24) is 5.32 Å². The minimum atomic E-state index is 0.0285. The van der Waals surface area contributed by atoms with Crippen LogP contribution in [0.3, 0.4) is 0 Å². The third-order valence-corrected chi connectivity index (χ3v) is 5.14. The summed E-state index contributed by atoms with van der Waals surface area (Å²) in [7, 11) is 0. The summed E-state index contributed by atoms with van der Waals surface area (Å²) in [5, 5.41) is 4.36. The maximum Gasteiger partial charge on any atom is 0.0957 e. The van der Waals surface area contributed by atoms with Crippen LogP contribution < -0.4 is 5.32 Å². The zero-order valence-corrected chi connectivity index (χ0v) is 13.2. The van der Waals surface area contributed by atoms with Crippen LogP contribution in [-0.4, -0.2) is 18.7 Å². The maximum atomic E-state index is 6.53. The molecule has 1 saturated heterocycles. The van der Waals surface area contributed by atoms with Crippen LogP contribution in [0.2, 0.25) is 5.02 Å². The monoisotopic (exact) mass is 293 g/mol. The van der Waals surface area contributed by atoms with Gasteiger partial charge in [0.1, 0.15) is 0 Å². The average molecular weight is 294 g/mol. The van der Waals surface area contributed by atoms with E-state index in [4.69, 9.17) is 16.3 Å². The Labute approximate surface area is 126 Å². The maximum absolute atomic E-state index is 6.53. The van der Waals surface area contributed by atoms with Crippen LogP contribution in [0.15, 0.2) is 24.3 Å². The molecule has 1 aromatic carbocycles. The van der Waals surface area contributed by atoms with Gasteiger partial charge in [0.15, 0.2) is 0 Å². The van der Waals surface area contributed by atoms with Crippen molar-refractivity contribution in [2.45, 2.75) is 51.2 Å². The van der Waals surface area contributed by atoms with Gasteiger partial charge in [0.05, 0.1) is 11.7 Å². The topological polar surface area (TPSA) is 21.3 Å². The highest BCUT2D eigenvalue weighted by Gasteiger charge is 2.42. The van der Waals surface area contributed by atoms with E-state index in [-0.39, 0.29) is 11.7 Å². The van der Waals surface area contributed by atoms with Gasteiger partial charge in [0, 0.05) is 18.1 Å². The molecule has 1 N–H and O–H groups in total. The van der Waals surface area contributed by atoms with Gasteiger partial charge >= 0.3 is 0 Å². The molecule has 1 saturated carbocycles. The Balaban J connectivity index is 1.74. The third-order valence-electron chi connectivity index (χ3n) is 4.90. The predicted molar refractivity (Wildman–Crippen MR) is 83.1 cm³/mol. The molecule has 1 unspecified atom stereocenters. The van der Waals surface area contributed by atoms with Crippen LogP contribution in [0.25, 0.3) is 0 Å². The van der Waals surface area contributed by atoms with Gasteiger partial charge in [0.2, 0.25) is 0 Å². The van der Waals surface area contributed by atoms with E-state index in [0.29, 0.717) is 5.41 Å². The van der Waals surface area contributed by atoms with Gasteiger partial charge in [-0.3, -0.25) is 0 Å². The van der Waals surface area contributed by atoms with E-state index < -0.39 is 0 Å². The molecule has 110 valence electrons. The highest BCUT2D eigenvalue weighted by atomic mass is 35.5. The summed E-state index contributed by atoms with van der Waals surface area (Å²) in [6, 6.07) is 8.07. The van der Waals surface area contributed by atoms with Crippen LogP contribution in [0.4, 0.5) is 0 Å². The molecule has 0 aromatic heterocycles.